The third kappa shape index (κ3) is 3.10. The van der Waals surface area contributed by atoms with Gasteiger partial charge in [0, 0.05) is 18.8 Å². The number of nitrogens with two attached hydrogens (primary N) is 1. The van der Waals surface area contributed by atoms with E-state index < -0.39 is 0 Å². The van der Waals surface area contributed by atoms with Crippen molar-refractivity contribution in [2.24, 2.45) is 5.41 Å². The molecule has 112 valence electrons. The summed E-state index contributed by atoms with van der Waals surface area (Å²) in [7, 11) is 0. The molecule has 3 N–H and O–H groups in total. The number of fused-ring (bicyclic) bond motifs is 1. The first-order valence-electron chi connectivity index (χ1n) is 7.58. The van der Waals surface area contributed by atoms with E-state index in [1.807, 2.05) is 18.2 Å². The fraction of sp³-hybridized carbons (Fsp3) is 0.471. The number of imidazole rings is 1. The number of nitrogens with zero attached hydrogens (tertiary/aromatic N) is 2. The quantitative estimate of drug-likeness (QED) is 0.657. The molecule has 0 saturated heterocycles. The van der Waals surface area contributed by atoms with Crippen molar-refractivity contribution >= 4 is 16.7 Å². The average molecular weight is 284 g/mol. The smallest absolute Gasteiger partial charge is 0.121 e. The highest BCUT2D eigenvalue weighted by Gasteiger charge is 2.21. The van der Waals surface area contributed by atoms with Crippen molar-refractivity contribution in [2.75, 3.05) is 18.8 Å². The van der Waals surface area contributed by atoms with Crippen molar-refractivity contribution in [3.8, 4) is 0 Å². The molecule has 0 fully saturated rings. The Labute approximate surface area is 126 Å². The van der Waals surface area contributed by atoms with Gasteiger partial charge in [0.1, 0.15) is 5.82 Å². The van der Waals surface area contributed by atoms with Gasteiger partial charge in [-0.3, -0.25) is 4.90 Å². The normalized spacial score (nSPS) is 17.2. The molecule has 0 radical (unpaired) electrons. The van der Waals surface area contributed by atoms with Crippen LogP contribution >= 0.6 is 0 Å². The zero-order chi connectivity index (χ0) is 15.0. The molecule has 4 heteroatoms. The Morgan fingerprint density at radius 2 is 2.14 bits per heavy atom. The van der Waals surface area contributed by atoms with E-state index in [0.29, 0.717) is 5.41 Å². The number of nitrogen functional groups attached to an aromatic ring is 1. The first-order chi connectivity index (χ1) is 9.91. The Morgan fingerprint density at radius 1 is 1.33 bits per heavy atom. The van der Waals surface area contributed by atoms with Gasteiger partial charge in [-0.2, -0.15) is 0 Å². The van der Waals surface area contributed by atoms with Gasteiger partial charge in [-0.25, -0.2) is 4.98 Å². The highest BCUT2D eigenvalue weighted by molar-refractivity contribution is 5.78. The molecule has 2 aromatic rings. The predicted molar refractivity (Wildman–Crippen MR) is 87.9 cm³/mol. The van der Waals surface area contributed by atoms with E-state index in [9.17, 15) is 0 Å². The van der Waals surface area contributed by atoms with Gasteiger partial charge in [-0.15, -0.1) is 0 Å². The summed E-state index contributed by atoms with van der Waals surface area (Å²) in [5.41, 5.74) is 10.4. The molecule has 1 aromatic heterocycles. The van der Waals surface area contributed by atoms with Crippen LogP contribution in [0, 0.1) is 5.41 Å². The lowest BCUT2D eigenvalue weighted by atomic mass is 9.83. The van der Waals surface area contributed by atoms with Gasteiger partial charge in [0.25, 0.3) is 0 Å². The van der Waals surface area contributed by atoms with Gasteiger partial charge in [0.2, 0.25) is 0 Å². The molecule has 2 heterocycles. The van der Waals surface area contributed by atoms with E-state index >= 15 is 0 Å². The molecule has 1 aliphatic rings. The maximum Gasteiger partial charge on any atom is 0.121 e. The van der Waals surface area contributed by atoms with Crippen molar-refractivity contribution in [3.05, 3.63) is 35.7 Å². The SMILES string of the molecule is CC(C)(C)C1=CCN(Cc2nc3ccc(N)cc3[nH]2)CC1. The molecule has 0 atom stereocenters. The van der Waals surface area contributed by atoms with E-state index in [-0.39, 0.29) is 0 Å². The van der Waals surface area contributed by atoms with Crippen LogP contribution in [0.1, 0.15) is 33.0 Å². The molecule has 4 nitrogen and oxygen atoms in total. The molecule has 3 rings (SSSR count). The Kier molecular flexibility index (Phi) is 3.49. The van der Waals surface area contributed by atoms with Crippen LogP contribution in [0.25, 0.3) is 11.0 Å². The summed E-state index contributed by atoms with van der Waals surface area (Å²) in [6, 6.07) is 5.81. The topological polar surface area (TPSA) is 57.9 Å². The number of aromatic amines is 1. The number of anilines is 1. The van der Waals surface area contributed by atoms with E-state index in [1.165, 1.54) is 0 Å². The highest BCUT2D eigenvalue weighted by atomic mass is 15.1. The summed E-state index contributed by atoms with van der Waals surface area (Å²) in [5, 5.41) is 0. The van der Waals surface area contributed by atoms with Crippen molar-refractivity contribution in [3.63, 3.8) is 0 Å². The van der Waals surface area contributed by atoms with E-state index in [4.69, 9.17) is 5.73 Å². The van der Waals surface area contributed by atoms with Crippen LogP contribution in [-0.4, -0.2) is 28.0 Å². The standard InChI is InChI=1S/C17H24N4/c1-17(2,3)12-6-8-21(9-7-12)11-16-19-14-5-4-13(18)10-15(14)20-16/h4-6,10H,7-9,11,18H2,1-3H3,(H,19,20). The zero-order valence-electron chi connectivity index (χ0n) is 13.1. The van der Waals surface area contributed by atoms with Gasteiger partial charge in [0.15, 0.2) is 0 Å². The molecular weight excluding hydrogens is 260 g/mol. The minimum Gasteiger partial charge on any atom is -0.399 e. The second-order valence-corrected chi connectivity index (χ2v) is 6.92. The monoisotopic (exact) mass is 284 g/mol. The Morgan fingerprint density at radius 3 is 2.81 bits per heavy atom. The highest BCUT2D eigenvalue weighted by Crippen LogP contribution is 2.30. The minimum absolute atomic E-state index is 0.295. The van der Waals surface area contributed by atoms with Crippen LogP contribution in [0.4, 0.5) is 5.69 Å². The molecule has 21 heavy (non-hydrogen) atoms. The summed E-state index contributed by atoms with van der Waals surface area (Å²) in [6.45, 7) is 9.84. The van der Waals surface area contributed by atoms with Gasteiger partial charge < -0.3 is 10.7 Å². The Hall–Kier alpha value is -1.81. The van der Waals surface area contributed by atoms with Gasteiger partial charge >= 0.3 is 0 Å². The molecule has 1 aliphatic heterocycles. The number of H-pyrrole nitrogens is 1. The van der Waals surface area contributed by atoms with Crippen molar-refractivity contribution in [1.82, 2.24) is 14.9 Å². The lowest BCUT2D eigenvalue weighted by molar-refractivity contribution is 0.266. The van der Waals surface area contributed by atoms with Gasteiger partial charge in [-0.05, 0) is 30.0 Å². The number of hydrogen-bond acceptors (Lipinski definition) is 3. The second kappa shape index (κ2) is 5.19. The van der Waals surface area contributed by atoms with E-state index in [0.717, 1.165) is 48.6 Å². The third-order valence-electron chi connectivity index (χ3n) is 4.18. The van der Waals surface area contributed by atoms with Gasteiger partial charge in [0.05, 0.1) is 17.6 Å². The number of nitrogens with one attached hydrogen (secondary N) is 1. The first kappa shape index (κ1) is 14.1. The van der Waals surface area contributed by atoms with Crippen LogP contribution in [0.3, 0.4) is 0 Å². The molecular formula is C17H24N4. The van der Waals surface area contributed by atoms with Crippen LogP contribution in [0.5, 0.6) is 0 Å². The zero-order valence-corrected chi connectivity index (χ0v) is 13.1. The molecule has 0 bridgehead atoms. The fourth-order valence-electron chi connectivity index (χ4n) is 2.90. The summed E-state index contributed by atoms with van der Waals surface area (Å²) < 4.78 is 0. The summed E-state index contributed by atoms with van der Waals surface area (Å²) in [6.07, 6.45) is 3.53. The predicted octanol–water partition coefficient (Wildman–Crippen LogP) is 3.32. The maximum atomic E-state index is 5.81. The first-order valence-corrected chi connectivity index (χ1v) is 7.58. The Balaban J connectivity index is 1.71. The number of aromatic nitrogens is 2. The van der Waals surface area contributed by atoms with Crippen molar-refractivity contribution in [1.29, 1.82) is 0 Å². The summed E-state index contributed by atoms with van der Waals surface area (Å²) >= 11 is 0. The summed E-state index contributed by atoms with van der Waals surface area (Å²) in [5.74, 6) is 1.02. The number of rotatable bonds is 2. The molecule has 0 spiro atoms. The largest absolute Gasteiger partial charge is 0.399 e. The average Bonchev–Trinajstić information content (AvgIpc) is 2.79. The molecule has 1 aromatic carbocycles. The molecule has 0 aliphatic carbocycles. The molecule has 0 unspecified atom stereocenters. The number of benzene rings is 1. The maximum absolute atomic E-state index is 5.81. The fourth-order valence-corrected chi connectivity index (χ4v) is 2.90. The lowest BCUT2D eigenvalue weighted by Crippen LogP contribution is -2.31. The van der Waals surface area contributed by atoms with E-state index in [2.05, 4.69) is 41.7 Å². The molecule has 0 saturated carbocycles. The second-order valence-electron chi connectivity index (χ2n) is 6.92. The van der Waals surface area contributed by atoms with Crippen LogP contribution in [-0.2, 0) is 6.54 Å². The Bertz CT molecular complexity index is 676. The number of hydrogen-bond donors (Lipinski definition) is 2. The minimum atomic E-state index is 0.295. The summed E-state index contributed by atoms with van der Waals surface area (Å²) in [4.78, 5) is 10.4. The third-order valence-corrected chi connectivity index (χ3v) is 4.18. The van der Waals surface area contributed by atoms with Crippen LogP contribution < -0.4 is 5.73 Å². The van der Waals surface area contributed by atoms with Gasteiger partial charge in [-0.1, -0.05) is 32.4 Å². The van der Waals surface area contributed by atoms with Crippen molar-refractivity contribution < 1.29 is 0 Å². The lowest BCUT2D eigenvalue weighted by Gasteiger charge is -2.31. The van der Waals surface area contributed by atoms with E-state index in [1.54, 1.807) is 5.57 Å². The van der Waals surface area contributed by atoms with Crippen LogP contribution in [0.2, 0.25) is 0 Å². The van der Waals surface area contributed by atoms with Crippen LogP contribution in [0.15, 0.2) is 29.8 Å². The van der Waals surface area contributed by atoms with Crippen molar-refractivity contribution in [2.45, 2.75) is 33.7 Å². The molecule has 0 amide bonds.